The molecule has 0 aliphatic carbocycles. The highest BCUT2D eigenvalue weighted by Gasteiger charge is 2.24. The van der Waals surface area contributed by atoms with Gasteiger partial charge in [0.25, 0.3) is 0 Å². The van der Waals surface area contributed by atoms with E-state index in [4.69, 9.17) is 8.92 Å². The summed E-state index contributed by atoms with van der Waals surface area (Å²) < 4.78 is 37.0. The van der Waals surface area contributed by atoms with Crippen LogP contribution < -0.4 is 19.1 Å². The Morgan fingerprint density at radius 1 is 1.03 bits per heavy atom. The second-order valence-corrected chi connectivity index (χ2v) is 9.44. The van der Waals surface area contributed by atoms with E-state index < -0.39 is 10.1 Å². The topological polar surface area (TPSA) is 88.2 Å². The molecule has 0 fully saturated rings. The lowest BCUT2D eigenvalue weighted by Crippen LogP contribution is -2.44. The molecule has 0 aliphatic rings. The van der Waals surface area contributed by atoms with Gasteiger partial charge in [-0.25, -0.2) is 4.79 Å². The molecule has 188 valence electrons. The maximum Gasteiger partial charge on any atom is 0.339 e. The monoisotopic (exact) mass is 491 g/mol. The van der Waals surface area contributed by atoms with Gasteiger partial charge in [0.2, 0.25) is 0 Å². The molecule has 34 heavy (non-hydrogen) atoms. The van der Waals surface area contributed by atoms with Crippen LogP contribution >= 0.6 is 0 Å². The van der Waals surface area contributed by atoms with Crippen molar-refractivity contribution in [1.29, 1.82) is 0 Å². The number of carbonyl (C=O) groups excluding carboxylic acids is 1. The van der Waals surface area contributed by atoms with Crippen molar-refractivity contribution in [3.05, 3.63) is 48.0 Å². The average Bonchev–Trinajstić information content (AvgIpc) is 2.83. The van der Waals surface area contributed by atoms with Crippen molar-refractivity contribution < 1.29 is 22.1 Å². The Labute approximate surface area is 204 Å². The third-order valence-corrected chi connectivity index (χ3v) is 7.03. The molecule has 8 nitrogen and oxygen atoms in total. The molecule has 2 rings (SSSR count). The summed E-state index contributed by atoms with van der Waals surface area (Å²) in [7, 11) is -2.59. The molecule has 2 amide bonds. The van der Waals surface area contributed by atoms with E-state index in [0.29, 0.717) is 17.9 Å². The summed E-state index contributed by atoms with van der Waals surface area (Å²) in [6, 6.07) is 11.3. The average molecular weight is 492 g/mol. The van der Waals surface area contributed by atoms with Crippen LogP contribution in [0.3, 0.4) is 0 Å². The molecule has 2 aromatic rings. The number of rotatable bonds is 12. The van der Waals surface area contributed by atoms with Crippen LogP contribution in [0.2, 0.25) is 0 Å². The number of methoxy groups -OCH3 is 1. The zero-order valence-corrected chi connectivity index (χ0v) is 21.8. The number of amides is 2. The van der Waals surface area contributed by atoms with Crippen molar-refractivity contribution >= 4 is 21.8 Å². The largest absolute Gasteiger partial charge is 0.497 e. The van der Waals surface area contributed by atoms with Crippen molar-refractivity contribution in [2.45, 2.75) is 58.5 Å². The Hall–Kier alpha value is -2.94. The summed E-state index contributed by atoms with van der Waals surface area (Å²) in [5.41, 5.74) is 1.46. The maximum atomic E-state index is 13.1. The first kappa shape index (κ1) is 27.3. The van der Waals surface area contributed by atoms with E-state index >= 15 is 0 Å². The van der Waals surface area contributed by atoms with Crippen molar-refractivity contribution in [2.75, 3.05) is 31.6 Å². The fraction of sp³-hybridized carbons (Fsp3) is 0.480. The van der Waals surface area contributed by atoms with Gasteiger partial charge in [0.1, 0.15) is 16.4 Å². The van der Waals surface area contributed by atoms with E-state index in [-0.39, 0.29) is 29.3 Å². The molecule has 0 spiro atoms. The van der Waals surface area contributed by atoms with Gasteiger partial charge in [0.05, 0.1) is 13.7 Å². The summed E-state index contributed by atoms with van der Waals surface area (Å²) in [6.45, 7) is 12.1. The Bertz CT molecular complexity index is 1040. The number of hydrogen-bond donors (Lipinski definition) is 1. The standard InChI is InChI=1S/C25H37N3O5S/c1-7-19(5)28(25(29)26-8-2)18-20-11-12-21(27(9-3)10-4)17-24(20)33-34(30,31)23-15-13-22(32-6)14-16-23/h11-17,19H,7-10,18H2,1-6H3,(H,26,29). The summed E-state index contributed by atoms with van der Waals surface area (Å²) >= 11 is 0. The Morgan fingerprint density at radius 2 is 1.68 bits per heavy atom. The second kappa shape index (κ2) is 12.5. The van der Waals surface area contributed by atoms with E-state index in [1.165, 1.54) is 19.2 Å². The number of anilines is 1. The van der Waals surface area contributed by atoms with E-state index in [9.17, 15) is 13.2 Å². The van der Waals surface area contributed by atoms with Crippen molar-refractivity contribution in [3.63, 3.8) is 0 Å². The second-order valence-electron chi connectivity index (χ2n) is 7.90. The molecule has 0 aromatic heterocycles. The van der Waals surface area contributed by atoms with E-state index in [2.05, 4.69) is 10.2 Å². The summed E-state index contributed by atoms with van der Waals surface area (Å²) in [4.78, 5) is 16.6. The number of carbonyl (C=O) groups is 1. The Morgan fingerprint density at radius 3 is 2.21 bits per heavy atom. The van der Waals surface area contributed by atoms with Gasteiger partial charge in [-0.3, -0.25) is 0 Å². The number of nitrogens with zero attached hydrogens (tertiary/aromatic N) is 2. The fourth-order valence-corrected chi connectivity index (χ4v) is 4.49. The van der Waals surface area contributed by atoms with Crippen molar-refractivity contribution in [1.82, 2.24) is 10.2 Å². The Balaban J connectivity index is 2.50. The lowest BCUT2D eigenvalue weighted by Gasteiger charge is -2.30. The molecule has 9 heteroatoms. The molecule has 0 radical (unpaired) electrons. The van der Waals surface area contributed by atoms with Gasteiger partial charge in [0, 0.05) is 43.0 Å². The van der Waals surface area contributed by atoms with Gasteiger partial charge < -0.3 is 24.0 Å². The minimum atomic E-state index is -4.10. The lowest BCUT2D eigenvalue weighted by molar-refractivity contribution is 0.173. The zero-order valence-electron chi connectivity index (χ0n) is 21.0. The van der Waals surface area contributed by atoms with Crippen LogP contribution in [0, 0.1) is 0 Å². The smallest absolute Gasteiger partial charge is 0.339 e. The molecule has 0 saturated heterocycles. The third kappa shape index (κ3) is 6.79. The van der Waals surface area contributed by atoms with Crippen molar-refractivity contribution in [2.24, 2.45) is 0 Å². The van der Waals surface area contributed by atoms with Gasteiger partial charge in [-0.05, 0) is 64.4 Å². The molecule has 0 saturated carbocycles. The van der Waals surface area contributed by atoms with Gasteiger partial charge in [-0.15, -0.1) is 0 Å². The number of benzene rings is 2. The van der Waals surface area contributed by atoms with Crippen LogP contribution in [0.25, 0.3) is 0 Å². The predicted octanol–water partition coefficient (Wildman–Crippen LogP) is 4.64. The minimum absolute atomic E-state index is 0.0231. The number of ether oxygens (including phenoxy) is 1. The highest BCUT2D eigenvalue weighted by Crippen LogP contribution is 2.31. The predicted molar refractivity (Wildman–Crippen MR) is 135 cm³/mol. The first-order chi connectivity index (χ1) is 16.2. The first-order valence-electron chi connectivity index (χ1n) is 11.7. The number of urea groups is 1. The Kier molecular flexibility index (Phi) is 10.0. The molecule has 0 aliphatic heterocycles. The molecule has 2 aromatic carbocycles. The lowest BCUT2D eigenvalue weighted by atomic mass is 10.1. The third-order valence-electron chi connectivity index (χ3n) is 5.78. The quantitative estimate of drug-likeness (QED) is 0.435. The molecular weight excluding hydrogens is 454 g/mol. The van der Waals surface area contributed by atoms with Crippen LogP contribution in [-0.4, -0.2) is 52.1 Å². The van der Waals surface area contributed by atoms with Crippen LogP contribution in [-0.2, 0) is 16.7 Å². The zero-order chi connectivity index (χ0) is 25.3. The molecular formula is C25H37N3O5S. The van der Waals surface area contributed by atoms with Crippen molar-refractivity contribution in [3.8, 4) is 11.5 Å². The minimum Gasteiger partial charge on any atom is -0.497 e. The van der Waals surface area contributed by atoms with Crippen LogP contribution in [0.5, 0.6) is 11.5 Å². The van der Waals surface area contributed by atoms with E-state index in [1.807, 2.05) is 46.8 Å². The number of nitrogens with one attached hydrogen (secondary N) is 1. The molecule has 0 heterocycles. The molecule has 0 bridgehead atoms. The van der Waals surface area contributed by atoms with Crippen LogP contribution in [0.4, 0.5) is 10.5 Å². The maximum absolute atomic E-state index is 13.1. The molecule has 1 atom stereocenters. The van der Waals surface area contributed by atoms with Gasteiger partial charge >= 0.3 is 16.1 Å². The first-order valence-corrected chi connectivity index (χ1v) is 13.1. The SMILES string of the molecule is CCNC(=O)N(Cc1ccc(N(CC)CC)cc1OS(=O)(=O)c1ccc(OC)cc1)C(C)CC. The molecule has 1 N–H and O–H groups in total. The van der Waals surface area contributed by atoms with Gasteiger partial charge in [0.15, 0.2) is 0 Å². The number of hydrogen-bond acceptors (Lipinski definition) is 6. The highest BCUT2D eigenvalue weighted by atomic mass is 32.2. The summed E-state index contributed by atoms with van der Waals surface area (Å²) in [6.07, 6.45) is 0.759. The van der Waals surface area contributed by atoms with E-state index in [1.54, 1.807) is 23.1 Å². The van der Waals surface area contributed by atoms with E-state index in [0.717, 1.165) is 25.2 Å². The highest BCUT2D eigenvalue weighted by molar-refractivity contribution is 7.87. The van der Waals surface area contributed by atoms with Crippen LogP contribution in [0.1, 0.15) is 46.6 Å². The summed E-state index contributed by atoms with van der Waals surface area (Å²) in [5, 5.41) is 2.84. The summed E-state index contributed by atoms with van der Waals surface area (Å²) in [5.74, 6) is 0.757. The normalized spacial score (nSPS) is 12.1. The van der Waals surface area contributed by atoms with Crippen LogP contribution in [0.15, 0.2) is 47.4 Å². The van der Waals surface area contributed by atoms with Gasteiger partial charge in [-0.1, -0.05) is 13.0 Å². The fourth-order valence-electron chi connectivity index (χ4n) is 3.53. The molecule has 1 unspecified atom stereocenters. The van der Waals surface area contributed by atoms with Gasteiger partial charge in [-0.2, -0.15) is 8.42 Å².